The Labute approximate surface area is 268 Å². The van der Waals surface area contributed by atoms with Gasteiger partial charge in [-0.25, -0.2) is 0 Å². The van der Waals surface area contributed by atoms with E-state index in [2.05, 4.69) is 16.0 Å². The van der Waals surface area contributed by atoms with E-state index in [4.69, 9.17) is 18.1 Å². The molecule has 2 aromatic rings. The molecule has 46 heavy (non-hydrogen) atoms. The molecule has 2 amide bonds. The first-order valence-electron chi connectivity index (χ1n) is 15.1. The van der Waals surface area contributed by atoms with Gasteiger partial charge in [-0.3, -0.25) is 33.2 Å². The Balaban J connectivity index is 1.72. The highest BCUT2D eigenvalue weighted by Crippen LogP contribution is 2.47. The minimum absolute atomic E-state index is 0.126. The van der Waals surface area contributed by atoms with Gasteiger partial charge < -0.3 is 34.0 Å². The zero-order valence-electron chi connectivity index (χ0n) is 26.5. The predicted molar refractivity (Wildman–Crippen MR) is 172 cm³/mol. The molecule has 3 rings (SSSR count). The molecule has 1 aliphatic carbocycles. The summed E-state index contributed by atoms with van der Waals surface area (Å²) < 4.78 is 46.5. The maximum atomic E-state index is 13.4. The standard InChI is InChI=1S/C30H42N4O10P2/c1-5-41-45(39,42-6-2)20-32-26(35)18-34(19-27(36)33-21-46(40,43-7-3)44-8-4)17-16-31-25-15-11-14-24-28(25)30(38)23-13-10-9-12-22(23)29(24)37/h9-15,31H,5-8,16-21H2,1-4H3,(H,32,35)(H,33,36). The van der Waals surface area contributed by atoms with Crippen LogP contribution >= 0.6 is 15.2 Å². The maximum absolute atomic E-state index is 13.4. The summed E-state index contributed by atoms with van der Waals surface area (Å²) in [5, 5.41) is 8.25. The average molecular weight is 681 g/mol. The van der Waals surface area contributed by atoms with Crippen LogP contribution in [-0.4, -0.2) is 93.5 Å². The number of rotatable bonds is 20. The lowest BCUT2D eigenvalue weighted by Gasteiger charge is -2.24. The number of anilines is 1. The van der Waals surface area contributed by atoms with Gasteiger partial charge in [0.15, 0.2) is 11.6 Å². The molecule has 16 heteroatoms. The zero-order chi connectivity index (χ0) is 33.7. The lowest BCUT2D eigenvalue weighted by molar-refractivity contribution is -0.124. The number of carbonyl (C=O) groups excluding carboxylic acids is 4. The molecule has 252 valence electrons. The highest BCUT2D eigenvalue weighted by Gasteiger charge is 2.31. The highest BCUT2D eigenvalue weighted by molar-refractivity contribution is 7.54. The first-order chi connectivity index (χ1) is 22.0. The van der Waals surface area contributed by atoms with E-state index in [1.165, 1.54) is 4.90 Å². The van der Waals surface area contributed by atoms with Crippen molar-refractivity contribution in [3.8, 4) is 0 Å². The van der Waals surface area contributed by atoms with Gasteiger partial charge in [0, 0.05) is 35.5 Å². The van der Waals surface area contributed by atoms with Crippen molar-refractivity contribution >= 4 is 44.3 Å². The minimum Gasteiger partial charge on any atom is -0.383 e. The third-order valence-electron chi connectivity index (χ3n) is 6.67. The van der Waals surface area contributed by atoms with Crippen LogP contribution in [0.2, 0.25) is 0 Å². The fraction of sp³-hybridized carbons (Fsp3) is 0.467. The van der Waals surface area contributed by atoms with Crippen molar-refractivity contribution in [2.75, 3.05) is 70.5 Å². The van der Waals surface area contributed by atoms with Gasteiger partial charge in [0.1, 0.15) is 12.6 Å². The number of nitrogens with one attached hydrogen (secondary N) is 3. The van der Waals surface area contributed by atoms with Crippen molar-refractivity contribution in [1.29, 1.82) is 0 Å². The Morgan fingerprint density at radius 2 is 1.13 bits per heavy atom. The summed E-state index contributed by atoms with van der Waals surface area (Å²) in [5.41, 5.74) is 1.63. The van der Waals surface area contributed by atoms with Gasteiger partial charge >= 0.3 is 15.2 Å². The molecule has 0 saturated carbocycles. The van der Waals surface area contributed by atoms with Gasteiger partial charge in [-0.1, -0.05) is 36.4 Å². The lowest BCUT2D eigenvalue weighted by atomic mass is 9.83. The molecular weight excluding hydrogens is 638 g/mol. The van der Waals surface area contributed by atoms with Crippen LogP contribution in [-0.2, 0) is 36.8 Å². The Bertz CT molecular complexity index is 1430. The van der Waals surface area contributed by atoms with Gasteiger partial charge in [-0.15, -0.1) is 0 Å². The topological polar surface area (TPSA) is 179 Å². The molecule has 0 heterocycles. The quantitative estimate of drug-likeness (QED) is 0.147. The average Bonchev–Trinajstić information content (AvgIpc) is 3.02. The fourth-order valence-electron chi connectivity index (χ4n) is 4.79. The summed E-state index contributed by atoms with van der Waals surface area (Å²) in [6, 6.07) is 11.6. The Morgan fingerprint density at radius 3 is 1.61 bits per heavy atom. The van der Waals surface area contributed by atoms with E-state index in [0.717, 1.165) is 0 Å². The first-order valence-corrected chi connectivity index (χ1v) is 18.5. The summed E-state index contributed by atoms with van der Waals surface area (Å²) in [6.07, 6.45) is -0.711. The van der Waals surface area contributed by atoms with Crippen LogP contribution in [0.15, 0.2) is 42.5 Å². The summed E-state index contributed by atoms with van der Waals surface area (Å²) >= 11 is 0. The van der Waals surface area contributed by atoms with Crippen molar-refractivity contribution in [1.82, 2.24) is 15.5 Å². The molecule has 0 atom stereocenters. The van der Waals surface area contributed by atoms with E-state index in [9.17, 15) is 28.3 Å². The molecule has 0 radical (unpaired) electrons. The largest absolute Gasteiger partial charge is 0.383 e. The van der Waals surface area contributed by atoms with Gasteiger partial charge in [-0.2, -0.15) is 0 Å². The molecule has 14 nitrogen and oxygen atoms in total. The number of amides is 2. The number of hydrogen-bond donors (Lipinski definition) is 3. The first kappa shape index (κ1) is 37.2. The number of hydrogen-bond acceptors (Lipinski definition) is 12. The Kier molecular flexibility index (Phi) is 14.3. The lowest BCUT2D eigenvalue weighted by Crippen LogP contribution is -2.45. The fourth-order valence-corrected chi connectivity index (χ4v) is 7.61. The molecule has 2 aromatic carbocycles. The third-order valence-corrected chi connectivity index (χ3v) is 10.4. The van der Waals surface area contributed by atoms with Crippen molar-refractivity contribution in [3.63, 3.8) is 0 Å². The molecule has 0 unspecified atom stereocenters. The van der Waals surface area contributed by atoms with E-state index >= 15 is 0 Å². The molecule has 3 N–H and O–H groups in total. The van der Waals surface area contributed by atoms with Crippen LogP contribution in [0.1, 0.15) is 59.5 Å². The van der Waals surface area contributed by atoms with Crippen LogP contribution in [0.4, 0.5) is 5.69 Å². The van der Waals surface area contributed by atoms with Gasteiger partial charge in [-0.05, 0) is 33.8 Å². The van der Waals surface area contributed by atoms with Crippen LogP contribution in [0.3, 0.4) is 0 Å². The summed E-state index contributed by atoms with van der Waals surface area (Å²) in [4.78, 5) is 53.8. The van der Waals surface area contributed by atoms with Crippen LogP contribution in [0.5, 0.6) is 0 Å². The predicted octanol–water partition coefficient (Wildman–Crippen LogP) is 3.86. The molecule has 0 bridgehead atoms. The normalized spacial score (nSPS) is 12.9. The molecule has 0 fully saturated rings. The van der Waals surface area contributed by atoms with E-state index in [-0.39, 0.29) is 87.9 Å². The zero-order valence-corrected chi connectivity index (χ0v) is 28.3. The Morgan fingerprint density at radius 1 is 0.674 bits per heavy atom. The molecule has 1 aliphatic rings. The number of carbonyl (C=O) groups is 4. The maximum Gasteiger partial charge on any atom is 0.349 e. The second-order valence-corrected chi connectivity index (χ2v) is 14.1. The van der Waals surface area contributed by atoms with E-state index in [1.54, 1.807) is 70.2 Å². The summed E-state index contributed by atoms with van der Waals surface area (Å²) in [5.74, 6) is -1.63. The number of fused-ring (bicyclic) bond motifs is 2. The monoisotopic (exact) mass is 680 g/mol. The number of ketones is 2. The van der Waals surface area contributed by atoms with Gasteiger partial charge in [0.05, 0.1) is 45.1 Å². The van der Waals surface area contributed by atoms with E-state index in [1.807, 2.05) is 0 Å². The van der Waals surface area contributed by atoms with E-state index < -0.39 is 27.0 Å². The van der Waals surface area contributed by atoms with E-state index in [0.29, 0.717) is 16.8 Å². The second kappa shape index (κ2) is 17.6. The smallest absolute Gasteiger partial charge is 0.349 e. The van der Waals surface area contributed by atoms with Gasteiger partial charge in [0.2, 0.25) is 11.8 Å². The number of benzene rings is 2. The minimum atomic E-state index is -3.55. The molecule has 0 saturated heterocycles. The molecule has 0 aliphatic heterocycles. The summed E-state index contributed by atoms with van der Waals surface area (Å²) in [6.45, 7) is 6.88. The van der Waals surface area contributed by atoms with Crippen molar-refractivity contribution in [2.24, 2.45) is 0 Å². The van der Waals surface area contributed by atoms with Crippen LogP contribution in [0, 0.1) is 0 Å². The van der Waals surface area contributed by atoms with Crippen molar-refractivity contribution in [3.05, 3.63) is 64.7 Å². The summed E-state index contributed by atoms with van der Waals surface area (Å²) in [7, 11) is -7.11. The third kappa shape index (κ3) is 10.1. The van der Waals surface area contributed by atoms with Crippen molar-refractivity contribution < 1.29 is 46.4 Å². The SMILES string of the molecule is CCOP(=O)(CNC(=O)CN(CCNc1cccc2c1C(=O)c1ccccc1C2=O)CC(=O)NCP(=O)(OCC)OCC)OCC. The molecule has 0 spiro atoms. The van der Waals surface area contributed by atoms with Gasteiger partial charge in [0.25, 0.3) is 0 Å². The second-order valence-electron chi connectivity index (χ2n) is 9.98. The molecular formula is C30H42N4O10P2. The van der Waals surface area contributed by atoms with Crippen LogP contribution in [0.25, 0.3) is 0 Å². The van der Waals surface area contributed by atoms with Crippen molar-refractivity contribution in [2.45, 2.75) is 27.7 Å². The molecule has 0 aromatic heterocycles. The highest BCUT2D eigenvalue weighted by atomic mass is 31.2. The number of nitrogens with zero attached hydrogens (tertiary/aromatic N) is 1. The Hall–Kier alpha value is -3.22. The van der Waals surface area contributed by atoms with Crippen LogP contribution < -0.4 is 16.0 Å².